The molecule has 0 fully saturated rings. The van der Waals surface area contributed by atoms with E-state index in [1.54, 1.807) is 0 Å². The van der Waals surface area contributed by atoms with E-state index in [2.05, 4.69) is 11.9 Å². The van der Waals surface area contributed by atoms with Crippen molar-refractivity contribution in [1.29, 1.82) is 0 Å². The number of aliphatic imine (C=N–C) groups is 1. The summed E-state index contributed by atoms with van der Waals surface area (Å²) < 4.78 is 5.27. The summed E-state index contributed by atoms with van der Waals surface area (Å²) in [5, 5.41) is 0. The molecule has 0 aromatic heterocycles. The fraction of sp³-hybridized carbons (Fsp3) is 0.875. The Balaban J connectivity index is 3.04. The molecule has 0 saturated heterocycles. The van der Waals surface area contributed by atoms with Crippen LogP contribution in [0.2, 0.25) is 0 Å². The van der Waals surface area contributed by atoms with Gasteiger partial charge in [-0.05, 0) is 13.3 Å². The molecule has 0 aromatic carbocycles. The molecule has 0 radical (unpaired) electrons. The van der Waals surface area contributed by atoms with E-state index >= 15 is 0 Å². The van der Waals surface area contributed by atoms with Crippen LogP contribution in [0.3, 0.4) is 0 Å². The summed E-state index contributed by atoms with van der Waals surface area (Å²) in [6, 6.07) is 0. The molecule has 0 aliphatic heterocycles. The second kappa shape index (κ2) is 6.75. The van der Waals surface area contributed by atoms with Crippen LogP contribution in [-0.2, 0) is 4.74 Å². The molecule has 0 aromatic rings. The predicted octanol–water partition coefficient (Wildman–Crippen LogP) is 1.89. The highest BCUT2D eigenvalue weighted by Crippen LogP contribution is 1.87. The van der Waals surface area contributed by atoms with Gasteiger partial charge in [0.05, 0.1) is 6.61 Å². The zero-order chi connectivity index (χ0) is 7.82. The van der Waals surface area contributed by atoms with Crippen molar-refractivity contribution in [3.8, 4) is 0 Å². The van der Waals surface area contributed by atoms with Gasteiger partial charge in [0.1, 0.15) is 0 Å². The first-order valence-corrected chi connectivity index (χ1v) is 3.81. The van der Waals surface area contributed by atoms with E-state index in [4.69, 9.17) is 4.74 Å². The lowest BCUT2D eigenvalue weighted by Gasteiger charge is -2.00. The maximum atomic E-state index is 5.27. The maximum absolute atomic E-state index is 5.27. The lowest BCUT2D eigenvalue weighted by molar-refractivity contribution is 0.142. The molecule has 0 atom stereocenters. The lowest BCUT2D eigenvalue weighted by Crippen LogP contribution is -2.01. The average Bonchev–Trinajstić information content (AvgIpc) is 1.98. The quantitative estimate of drug-likeness (QED) is 0.425. The molecule has 60 valence electrons. The van der Waals surface area contributed by atoms with E-state index in [-0.39, 0.29) is 0 Å². The van der Waals surface area contributed by atoms with Crippen LogP contribution in [0, 0.1) is 0 Å². The predicted molar refractivity (Wildman–Crippen MR) is 44.8 cm³/mol. The van der Waals surface area contributed by atoms with Crippen LogP contribution < -0.4 is 0 Å². The fourth-order valence-electron chi connectivity index (χ4n) is 0.578. The number of hydrogen-bond acceptors (Lipinski definition) is 2. The van der Waals surface area contributed by atoms with Crippen LogP contribution in [0.4, 0.5) is 0 Å². The van der Waals surface area contributed by atoms with Crippen LogP contribution in [0.1, 0.15) is 26.7 Å². The topological polar surface area (TPSA) is 21.6 Å². The summed E-state index contributed by atoms with van der Waals surface area (Å²) >= 11 is 0. The first-order chi connectivity index (χ1) is 4.81. The van der Waals surface area contributed by atoms with Crippen molar-refractivity contribution in [1.82, 2.24) is 0 Å². The van der Waals surface area contributed by atoms with Gasteiger partial charge in [0.2, 0.25) is 0 Å². The van der Waals surface area contributed by atoms with Crippen LogP contribution in [-0.4, -0.2) is 26.0 Å². The summed E-state index contributed by atoms with van der Waals surface area (Å²) in [4.78, 5) is 4.02. The minimum absolute atomic E-state index is 0.816. The van der Waals surface area contributed by atoms with E-state index in [1.807, 2.05) is 14.0 Å². The Morgan fingerprint density at radius 2 is 2.10 bits per heavy atom. The zero-order valence-corrected chi connectivity index (χ0v) is 7.18. The highest BCUT2D eigenvalue weighted by Gasteiger charge is 1.89. The van der Waals surface area contributed by atoms with Crippen molar-refractivity contribution >= 4 is 5.71 Å². The summed E-state index contributed by atoms with van der Waals surface area (Å²) in [5.41, 5.74) is 1.16. The van der Waals surface area contributed by atoms with Crippen LogP contribution in [0.5, 0.6) is 0 Å². The average molecular weight is 143 g/mol. The first kappa shape index (κ1) is 9.63. The van der Waals surface area contributed by atoms with Crippen molar-refractivity contribution in [2.75, 3.05) is 20.3 Å². The van der Waals surface area contributed by atoms with E-state index in [0.717, 1.165) is 31.8 Å². The van der Waals surface area contributed by atoms with Gasteiger partial charge in [0.25, 0.3) is 0 Å². The van der Waals surface area contributed by atoms with E-state index < -0.39 is 0 Å². The Labute approximate surface area is 63.3 Å². The Bertz CT molecular complexity index is 99.4. The maximum Gasteiger partial charge on any atom is 0.0518 e. The van der Waals surface area contributed by atoms with Gasteiger partial charge in [0, 0.05) is 25.8 Å². The second-order valence-electron chi connectivity index (χ2n) is 2.32. The summed E-state index contributed by atoms with van der Waals surface area (Å²) in [5.74, 6) is 0. The smallest absolute Gasteiger partial charge is 0.0518 e. The van der Waals surface area contributed by atoms with Gasteiger partial charge in [-0.3, -0.25) is 4.99 Å². The molecular weight excluding hydrogens is 126 g/mol. The third-order valence-electron chi connectivity index (χ3n) is 1.34. The van der Waals surface area contributed by atoms with Crippen molar-refractivity contribution in [3.05, 3.63) is 0 Å². The van der Waals surface area contributed by atoms with Crippen molar-refractivity contribution < 1.29 is 4.74 Å². The molecule has 0 unspecified atom stereocenters. The van der Waals surface area contributed by atoms with E-state index in [9.17, 15) is 0 Å². The number of nitrogens with zero attached hydrogens (tertiary/aromatic N) is 1. The summed E-state index contributed by atoms with van der Waals surface area (Å²) in [6.45, 7) is 5.82. The summed E-state index contributed by atoms with van der Waals surface area (Å²) in [6.07, 6.45) is 2.07. The van der Waals surface area contributed by atoms with Gasteiger partial charge in [-0.1, -0.05) is 6.92 Å². The van der Waals surface area contributed by atoms with Crippen LogP contribution in [0.15, 0.2) is 4.99 Å². The highest BCUT2D eigenvalue weighted by molar-refractivity contribution is 5.81. The molecule has 2 nitrogen and oxygen atoms in total. The molecule has 0 heterocycles. The third kappa shape index (κ3) is 5.76. The van der Waals surface area contributed by atoms with Gasteiger partial charge in [0.15, 0.2) is 0 Å². The molecule has 0 amide bonds. The largest absolute Gasteiger partial charge is 0.381 e. The molecule has 0 aliphatic rings. The van der Waals surface area contributed by atoms with Gasteiger partial charge >= 0.3 is 0 Å². The highest BCUT2D eigenvalue weighted by atomic mass is 16.5. The standard InChI is InChI=1S/C8H17NO/c1-4-6-10-7-5-8(2)9-3/h4-7H2,1-3H3. The zero-order valence-electron chi connectivity index (χ0n) is 7.18. The SMILES string of the molecule is CCCOCCC(C)=NC. The van der Waals surface area contributed by atoms with Gasteiger partial charge in [-0.2, -0.15) is 0 Å². The molecule has 10 heavy (non-hydrogen) atoms. The van der Waals surface area contributed by atoms with E-state index in [0.29, 0.717) is 0 Å². The van der Waals surface area contributed by atoms with Crippen molar-refractivity contribution in [2.24, 2.45) is 4.99 Å². The third-order valence-corrected chi connectivity index (χ3v) is 1.34. The summed E-state index contributed by atoms with van der Waals surface area (Å²) in [7, 11) is 1.81. The van der Waals surface area contributed by atoms with Gasteiger partial charge < -0.3 is 4.74 Å². The minimum Gasteiger partial charge on any atom is -0.381 e. The Morgan fingerprint density at radius 3 is 2.60 bits per heavy atom. The Kier molecular flexibility index (Phi) is 6.50. The molecule has 2 heteroatoms. The van der Waals surface area contributed by atoms with Gasteiger partial charge in [-0.15, -0.1) is 0 Å². The number of rotatable bonds is 5. The first-order valence-electron chi connectivity index (χ1n) is 3.81. The Hall–Kier alpha value is -0.370. The van der Waals surface area contributed by atoms with E-state index in [1.165, 1.54) is 0 Å². The van der Waals surface area contributed by atoms with Gasteiger partial charge in [-0.25, -0.2) is 0 Å². The van der Waals surface area contributed by atoms with Crippen LogP contribution in [0.25, 0.3) is 0 Å². The molecule has 0 bridgehead atoms. The van der Waals surface area contributed by atoms with Crippen molar-refractivity contribution in [2.45, 2.75) is 26.7 Å². The number of ether oxygens (including phenoxy) is 1. The fourth-order valence-corrected chi connectivity index (χ4v) is 0.578. The second-order valence-corrected chi connectivity index (χ2v) is 2.32. The normalized spacial score (nSPS) is 12.1. The molecule has 0 rings (SSSR count). The lowest BCUT2D eigenvalue weighted by atomic mass is 10.3. The molecular formula is C8H17NO. The Morgan fingerprint density at radius 1 is 1.40 bits per heavy atom. The monoisotopic (exact) mass is 143 g/mol. The molecule has 0 N–H and O–H groups in total. The van der Waals surface area contributed by atoms with Crippen molar-refractivity contribution in [3.63, 3.8) is 0 Å². The number of hydrogen-bond donors (Lipinski definition) is 0. The molecule has 0 aliphatic carbocycles. The minimum atomic E-state index is 0.816. The van der Waals surface area contributed by atoms with Crippen LogP contribution >= 0.6 is 0 Å². The molecule has 0 saturated carbocycles. The molecule has 0 spiro atoms.